The minimum atomic E-state index is -0.578. The lowest BCUT2D eigenvalue weighted by Gasteiger charge is -2.14. The molecule has 1 aliphatic carbocycles. The Morgan fingerprint density at radius 3 is 2.36 bits per heavy atom. The van der Waals surface area contributed by atoms with Gasteiger partial charge in [0.05, 0.1) is 29.2 Å². The summed E-state index contributed by atoms with van der Waals surface area (Å²) in [4.78, 5) is 51.4. The molecule has 3 aromatic rings. The highest BCUT2D eigenvalue weighted by atomic mass is 16.5. The predicted molar refractivity (Wildman–Crippen MR) is 120 cm³/mol. The quantitative estimate of drug-likeness (QED) is 0.258. The summed E-state index contributed by atoms with van der Waals surface area (Å²) in [5.41, 5.74) is 1.32. The number of esters is 1. The summed E-state index contributed by atoms with van der Waals surface area (Å²) in [6.07, 6.45) is 6.24. The molecule has 0 radical (unpaired) electrons. The molecule has 1 saturated heterocycles. The van der Waals surface area contributed by atoms with Crippen LogP contribution in [0.5, 0.6) is 5.75 Å². The first-order valence-corrected chi connectivity index (χ1v) is 10.8. The van der Waals surface area contributed by atoms with Crippen LogP contribution >= 0.6 is 0 Å². The van der Waals surface area contributed by atoms with Crippen LogP contribution in [0.25, 0.3) is 22.1 Å². The largest absolute Gasteiger partial charge is 0.463 e. The van der Waals surface area contributed by atoms with Gasteiger partial charge in [0.1, 0.15) is 17.6 Å². The lowest BCUT2D eigenvalue weighted by Crippen LogP contribution is -2.33. The number of ether oxygens (including phenoxy) is 1. The molecule has 7 heteroatoms. The molecule has 166 valence electrons. The maximum absolute atomic E-state index is 12.8. The van der Waals surface area contributed by atoms with Crippen molar-refractivity contribution in [3.05, 3.63) is 77.2 Å². The van der Waals surface area contributed by atoms with E-state index >= 15 is 0 Å². The van der Waals surface area contributed by atoms with Gasteiger partial charge in [0, 0.05) is 12.6 Å². The monoisotopic (exact) mass is 443 g/mol. The van der Waals surface area contributed by atoms with Gasteiger partial charge < -0.3 is 9.15 Å². The van der Waals surface area contributed by atoms with Gasteiger partial charge in [-0.2, -0.15) is 0 Å². The van der Waals surface area contributed by atoms with Gasteiger partial charge in [-0.1, -0.05) is 42.5 Å². The molecule has 5 rings (SSSR count). The van der Waals surface area contributed by atoms with Gasteiger partial charge in [-0.25, -0.2) is 0 Å². The average molecular weight is 443 g/mol. The Hall–Kier alpha value is -4.00. The summed E-state index contributed by atoms with van der Waals surface area (Å²) in [6, 6.07) is 13.8. The number of fused-ring (bicyclic) bond motifs is 2. The fourth-order valence-electron chi connectivity index (χ4n) is 4.46. The molecule has 1 aromatic heterocycles. The van der Waals surface area contributed by atoms with E-state index in [4.69, 9.17) is 9.15 Å². The topological polar surface area (TPSA) is 93.9 Å². The Kier molecular flexibility index (Phi) is 5.38. The summed E-state index contributed by atoms with van der Waals surface area (Å²) >= 11 is 0. The Labute approximate surface area is 189 Å². The van der Waals surface area contributed by atoms with Crippen LogP contribution in [-0.4, -0.2) is 29.2 Å². The molecular weight excluding hydrogens is 422 g/mol. The second-order valence-electron chi connectivity index (χ2n) is 8.21. The highest BCUT2D eigenvalue weighted by Crippen LogP contribution is 2.35. The van der Waals surface area contributed by atoms with Crippen LogP contribution in [0.1, 0.15) is 19.3 Å². The van der Waals surface area contributed by atoms with Crippen LogP contribution in [0.15, 0.2) is 76.2 Å². The number of hydrogen-bond donors (Lipinski definition) is 0. The van der Waals surface area contributed by atoms with Gasteiger partial charge in [-0.15, -0.1) is 0 Å². The van der Waals surface area contributed by atoms with E-state index < -0.39 is 5.97 Å². The SMILES string of the molecule is O=C(CCN1C(=O)C2CC=CCC2C1=O)Oc1ccc2c(=O)c(-c3ccccc3)coc2c1. The summed E-state index contributed by atoms with van der Waals surface area (Å²) in [5.74, 6) is -1.43. The summed E-state index contributed by atoms with van der Waals surface area (Å²) in [6.45, 7) is -0.00734. The third kappa shape index (κ3) is 3.86. The second-order valence-corrected chi connectivity index (χ2v) is 8.21. The summed E-state index contributed by atoms with van der Waals surface area (Å²) in [7, 11) is 0. The molecule has 2 aromatic carbocycles. The van der Waals surface area contributed by atoms with Crippen molar-refractivity contribution >= 4 is 28.8 Å². The zero-order valence-corrected chi connectivity index (χ0v) is 17.7. The number of allylic oxidation sites excluding steroid dienone is 2. The molecule has 7 nitrogen and oxygen atoms in total. The third-order valence-electron chi connectivity index (χ3n) is 6.20. The van der Waals surface area contributed by atoms with Gasteiger partial charge in [0.15, 0.2) is 5.43 Å². The van der Waals surface area contributed by atoms with Crippen LogP contribution in [0, 0.1) is 11.8 Å². The maximum Gasteiger partial charge on any atom is 0.313 e. The van der Waals surface area contributed by atoms with Crippen molar-refractivity contribution in [1.29, 1.82) is 0 Å². The fraction of sp³-hybridized carbons (Fsp3) is 0.231. The number of nitrogens with zero attached hydrogens (tertiary/aromatic N) is 1. The number of carbonyl (C=O) groups excluding carboxylic acids is 3. The van der Waals surface area contributed by atoms with E-state index in [1.165, 1.54) is 23.3 Å². The van der Waals surface area contributed by atoms with Crippen molar-refractivity contribution in [3.63, 3.8) is 0 Å². The molecule has 2 heterocycles. The molecule has 0 spiro atoms. The molecule has 2 unspecified atom stereocenters. The lowest BCUT2D eigenvalue weighted by atomic mass is 9.85. The van der Waals surface area contributed by atoms with E-state index in [-0.39, 0.29) is 47.8 Å². The standard InChI is InChI=1S/C26H21NO6/c28-23(12-13-27-25(30)18-8-4-5-9-19(18)26(27)31)33-17-10-11-20-22(14-17)32-15-21(24(20)29)16-6-2-1-3-7-16/h1-7,10-11,14-15,18-19H,8-9,12-13H2. The van der Waals surface area contributed by atoms with Crippen molar-refractivity contribution in [3.8, 4) is 16.9 Å². The summed E-state index contributed by atoms with van der Waals surface area (Å²) in [5, 5.41) is 0.376. The minimum absolute atomic E-state index is 0.00734. The number of benzene rings is 2. The van der Waals surface area contributed by atoms with Gasteiger partial charge in [0.2, 0.25) is 11.8 Å². The normalized spacial score (nSPS) is 19.7. The molecule has 0 N–H and O–H groups in total. The molecule has 33 heavy (non-hydrogen) atoms. The molecule has 1 aliphatic heterocycles. The first-order chi connectivity index (χ1) is 16.0. The molecule has 2 aliphatic rings. The Bertz CT molecular complexity index is 1310. The van der Waals surface area contributed by atoms with E-state index in [1.54, 1.807) is 6.07 Å². The lowest BCUT2D eigenvalue weighted by molar-refractivity contribution is -0.141. The van der Waals surface area contributed by atoms with Crippen molar-refractivity contribution in [1.82, 2.24) is 4.90 Å². The van der Waals surface area contributed by atoms with Crippen molar-refractivity contribution in [2.24, 2.45) is 11.8 Å². The Balaban J connectivity index is 1.27. The smallest absolute Gasteiger partial charge is 0.313 e. The second kappa shape index (κ2) is 8.50. The third-order valence-corrected chi connectivity index (χ3v) is 6.20. The first-order valence-electron chi connectivity index (χ1n) is 10.8. The van der Waals surface area contributed by atoms with Gasteiger partial charge in [-0.05, 0) is 30.5 Å². The van der Waals surface area contributed by atoms with Crippen molar-refractivity contribution in [2.45, 2.75) is 19.3 Å². The van der Waals surface area contributed by atoms with E-state index in [2.05, 4.69) is 0 Å². The molecule has 0 saturated carbocycles. The predicted octanol–water partition coefficient (Wildman–Crippen LogP) is 3.71. The number of imide groups is 1. The molecular formula is C26H21NO6. The van der Waals surface area contributed by atoms with Crippen molar-refractivity contribution < 1.29 is 23.5 Å². The average Bonchev–Trinajstić information content (AvgIpc) is 3.08. The number of hydrogen-bond acceptors (Lipinski definition) is 6. The Morgan fingerprint density at radius 2 is 1.67 bits per heavy atom. The van der Waals surface area contributed by atoms with Crippen LogP contribution < -0.4 is 10.2 Å². The van der Waals surface area contributed by atoms with Crippen LogP contribution in [0.4, 0.5) is 0 Å². The van der Waals surface area contributed by atoms with E-state index in [0.717, 1.165) is 5.56 Å². The maximum atomic E-state index is 12.8. The van der Waals surface area contributed by atoms with E-state index in [1.807, 2.05) is 42.5 Å². The van der Waals surface area contributed by atoms with Crippen LogP contribution in [0.2, 0.25) is 0 Å². The van der Waals surface area contributed by atoms with E-state index in [9.17, 15) is 19.2 Å². The van der Waals surface area contributed by atoms with Gasteiger partial charge in [0.25, 0.3) is 0 Å². The first kappa shape index (κ1) is 20.9. The van der Waals surface area contributed by atoms with Crippen LogP contribution in [0.3, 0.4) is 0 Å². The Morgan fingerprint density at radius 1 is 0.970 bits per heavy atom. The molecule has 1 fully saturated rings. The number of carbonyl (C=O) groups is 3. The van der Waals surface area contributed by atoms with E-state index in [0.29, 0.717) is 29.4 Å². The highest BCUT2D eigenvalue weighted by molar-refractivity contribution is 6.05. The fourth-order valence-corrected chi connectivity index (χ4v) is 4.46. The van der Waals surface area contributed by atoms with Gasteiger partial charge in [-0.3, -0.25) is 24.1 Å². The highest BCUT2D eigenvalue weighted by Gasteiger charge is 2.46. The number of rotatable bonds is 5. The number of likely N-dealkylation sites (tertiary alicyclic amines) is 1. The number of amides is 2. The zero-order chi connectivity index (χ0) is 22.9. The van der Waals surface area contributed by atoms with Gasteiger partial charge >= 0.3 is 5.97 Å². The minimum Gasteiger partial charge on any atom is -0.463 e. The zero-order valence-electron chi connectivity index (χ0n) is 17.7. The van der Waals surface area contributed by atoms with Crippen molar-refractivity contribution in [2.75, 3.05) is 6.54 Å². The summed E-state index contributed by atoms with van der Waals surface area (Å²) < 4.78 is 11.0. The molecule has 2 atom stereocenters. The molecule has 0 bridgehead atoms. The van der Waals surface area contributed by atoms with Crippen LogP contribution in [-0.2, 0) is 14.4 Å². The molecule has 2 amide bonds.